The van der Waals surface area contributed by atoms with Crippen LogP contribution in [0.5, 0.6) is 0 Å². The monoisotopic (exact) mass is 235 g/mol. The van der Waals surface area contributed by atoms with E-state index in [1.807, 2.05) is 13.0 Å². The van der Waals surface area contributed by atoms with Crippen molar-refractivity contribution >= 4 is 11.7 Å². The summed E-state index contributed by atoms with van der Waals surface area (Å²) in [6.45, 7) is 5.02. The molecule has 92 valence electrons. The van der Waals surface area contributed by atoms with E-state index in [9.17, 15) is 9.90 Å². The highest BCUT2D eigenvalue weighted by Gasteiger charge is 2.31. The van der Waals surface area contributed by atoms with E-state index in [0.717, 1.165) is 24.2 Å². The van der Waals surface area contributed by atoms with Crippen molar-refractivity contribution in [3.8, 4) is 0 Å². The molecule has 1 aromatic carbocycles. The van der Waals surface area contributed by atoms with Crippen molar-refractivity contribution in [2.24, 2.45) is 0 Å². The third-order valence-electron chi connectivity index (χ3n) is 3.26. The van der Waals surface area contributed by atoms with Crippen molar-refractivity contribution in [2.45, 2.75) is 25.9 Å². The topological polar surface area (TPSA) is 60.8 Å². The number of carboxylic acid groups (broad SMARTS) is 1. The fourth-order valence-electron chi connectivity index (χ4n) is 2.25. The van der Waals surface area contributed by atoms with Crippen molar-refractivity contribution < 1.29 is 15.0 Å². The van der Waals surface area contributed by atoms with E-state index in [1.165, 1.54) is 0 Å². The summed E-state index contributed by atoms with van der Waals surface area (Å²) >= 11 is 0. The van der Waals surface area contributed by atoms with Gasteiger partial charge in [0.2, 0.25) is 0 Å². The zero-order chi connectivity index (χ0) is 12.6. The maximum atomic E-state index is 10.9. The molecular formula is C13H17NO3. The molecule has 1 aliphatic rings. The highest BCUT2D eigenvalue weighted by Crippen LogP contribution is 2.27. The number of carbonyl (C=O) groups is 1. The second-order valence-corrected chi connectivity index (χ2v) is 4.97. The molecule has 1 fully saturated rings. The second kappa shape index (κ2) is 4.04. The third kappa shape index (κ3) is 2.42. The molecule has 0 radical (unpaired) electrons. The number of aromatic carboxylic acids is 1. The molecule has 1 heterocycles. The summed E-state index contributed by atoms with van der Waals surface area (Å²) in [4.78, 5) is 13.0. The Balaban J connectivity index is 2.24. The van der Waals surface area contributed by atoms with Crippen molar-refractivity contribution in [1.29, 1.82) is 0 Å². The molecule has 4 nitrogen and oxygen atoms in total. The van der Waals surface area contributed by atoms with E-state index in [-0.39, 0.29) is 0 Å². The Morgan fingerprint density at radius 3 is 2.65 bits per heavy atom. The van der Waals surface area contributed by atoms with Crippen molar-refractivity contribution in [3.63, 3.8) is 0 Å². The average Bonchev–Trinajstić information content (AvgIpc) is 2.58. The molecule has 1 aliphatic heterocycles. The summed E-state index contributed by atoms with van der Waals surface area (Å²) in [6, 6.07) is 5.29. The minimum absolute atomic E-state index is 0.333. The molecule has 2 rings (SSSR count). The van der Waals surface area contributed by atoms with Gasteiger partial charge >= 0.3 is 5.97 Å². The molecule has 0 spiro atoms. The Morgan fingerprint density at radius 1 is 1.47 bits per heavy atom. The number of rotatable bonds is 2. The molecule has 1 saturated heterocycles. The van der Waals surface area contributed by atoms with Gasteiger partial charge in [-0.05, 0) is 44.0 Å². The van der Waals surface area contributed by atoms with E-state index < -0.39 is 11.6 Å². The van der Waals surface area contributed by atoms with Gasteiger partial charge in [-0.25, -0.2) is 4.79 Å². The van der Waals surface area contributed by atoms with Crippen LogP contribution in [0.4, 0.5) is 5.69 Å². The number of hydrogen-bond acceptors (Lipinski definition) is 3. The highest BCUT2D eigenvalue weighted by molar-refractivity contribution is 5.89. The third-order valence-corrected chi connectivity index (χ3v) is 3.26. The molecule has 1 atom stereocenters. The first-order chi connectivity index (χ1) is 7.89. The van der Waals surface area contributed by atoms with E-state index in [2.05, 4.69) is 4.90 Å². The lowest BCUT2D eigenvalue weighted by Gasteiger charge is -2.21. The standard InChI is InChI=1S/C13H17NO3/c1-9-7-10(3-4-11(9)12(15)16)14-6-5-13(2,17)8-14/h3-4,7,17H,5-6,8H2,1-2H3,(H,15,16). The molecule has 17 heavy (non-hydrogen) atoms. The first-order valence-corrected chi connectivity index (χ1v) is 5.70. The van der Waals surface area contributed by atoms with Gasteiger partial charge in [0.05, 0.1) is 11.2 Å². The molecule has 2 N–H and O–H groups in total. The second-order valence-electron chi connectivity index (χ2n) is 4.97. The lowest BCUT2D eigenvalue weighted by atomic mass is 10.1. The lowest BCUT2D eigenvalue weighted by Crippen LogP contribution is -2.29. The molecule has 0 saturated carbocycles. The molecule has 0 bridgehead atoms. The summed E-state index contributed by atoms with van der Waals surface area (Å²) in [7, 11) is 0. The summed E-state index contributed by atoms with van der Waals surface area (Å²) < 4.78 is 0. The number of β-amino-alcohol motifs (C(OH)–C–C–N with tert-alkyl or cyclic N) is 1. The first-order valence-electron chi connectivity index (χ1n) is 5.70. The Kier molecular flexibility index (Phi) is 2.83. The number of nitrogens with zero attached hydrogens (tertiary/aromatic N) is 1. The number of anilines is 1. The largest absolute Gasteiger partial charge is 0.478 e. The lowest BCUT2D eigenvalue weighted by molar-refractivity contribution is 0.0695. The van der Waals surface area contributed by atoms with Crippen LogP contribution in [0, 0.1) is 6.92 Å². The Labute approximate surface area is 100 Å². The minimum Gasteiger partial charge on any atom is -0.478 e. The van der Waals surface area contributed by atoms with Crippen LogP contribution in [0.1, 0.15) is 29.3 Å². The predicted octanol–water partition coefficient (Wildman–Crippen LogP) is 1.65. The zero-order valence-corrected chi connectivity index (χ0v) is 10.1. The van der Waals surface area contributed by atoms with Gasteiger partial charge in [-0.3, -0.25) is 0 Å². The van der Waals surface area contributed by atoms with Crippen molar-refractivity contribution in [2.75, 3.05) is 18.0 Å². The number of aryl methyl sites for hydroxylation is 1. The van der Waals surface area contributed by atoms with Crippen molar-refractivity contribution in [3.05, 3.63) is 29.3 Å². The molecule has 1 unspecified atom stereocenters. The molecule has 0 amide bonds. The van der Waals surface area contributed by atoms with Gasteiger partial charge in [0.1, 0.15) is 0 Å². The van der Waals surface area contributed by atoms with E-state index >= 15 is 0 Å². The van der Waals surface area contributed by atoms with Crippen LogP contribution in [0.15, 0.2) is 18.2 Å². The first kappa shape index (κ1) is 11.9. The van der Waals surface area contributed by atoms with E-state index in [4.69, 9.17) is 5.11 Å². The van der Waals surface area contributed by atoms with Crippen LogP contribution in [0.2, 0.25) is 0 Å². The van der Waals surface area contributed by atoms with Gasteiger partial charge in [0.25, 0.3) is 0 Å². The van der Waals surface area contributed by atoms with Gasteiger partial charge in [-0.2, -0.15) is 0 Å². The molecule has 4 heteroatoms. The van der Waals surface area contributed by atoms with Crippen LogP contribution in [0.25, 0.3) is 0 Å². The van der Waals surface area contributed by atoms with Crippen LogP contribution in [-0.2, 0) is 0 Å². The van der Waals surface area contributed by atoms with E-state index in [0.29, 0.717) is 12.1 Å². The Bertz CT molecular complexity index is 454. The number of carboxylic acids is 1. The Hall–Kier alpha value is -1.55. The van der Waals surface area contributed by atoms with Crippen LogP contribution in [-0.4, -0.2) is 34.9 Å². The zero-order valence-electron chi connectivity index (χ0n) is 10.1. The minimum atomic E-state index is -0.900. The van der Waals surface area contributed by atoms with Crippen LogP contribution in [0.3, 0.4) is 0 Å². The summed E-state index contributed by atoms with van der Waals surface area (Å²) in [5.74, 6) is -0.900. The quantitative estimate of drug-likeness (QED) is 0.818. The fraction of sp³-hybridized carbons (Fsp3) is 0.462. The molecule has 0 aromatic heterocycles. The maximum Gasteiger partial charge on any atom is 0.335 e. The smallest absolute Gasteiger partial charge is 0.335 e. The van der Waals surface area contributed by atoms with E-state index in [1.54, 1.807) is 19.1 Å². The van der Waals surface area contributed by atoms with Gasteiger partial charge in [-0.1, -0.05) is 0 Å². The summed E-state index contributed by atoms with van der Waals surface area (Å²) in [5.41, 5.74) is 1.42. The van der Waals surface area contributed by atoms with Gasteiger partial charge in [-0.15, -0.1) is 0 Å². The Morgan fingerprint density at radius 2 is 2.18 bits per heavy atom. The highest BCUT2D eigenvalue weighted by atomic mass is 16.4. The SMILES string of the molecule is Cc1cc(N2CCC(C)(O)C2)ccc1C(=O)O. The summed E-state index contributed by atoms with van der Waals surface area (Å²) in [6.07, 6.45) is 0.743. The maximum absolute atomic E-state index is 10.9. The van der Waals surface area contributed by atoms with Gasteiger partial charge in [0.15, 0.2) is 0 Å². The average molecular weight is 235 g/mol. The number of benzene rings is 1. The number of hydrogen-bond donors (Lipinski definition) is 2. The predicted molar refractivity (Wildman–Crippen MR) is 65.6 cm³/mol. The fourth-order valence-corrected chi connectivity index (χ4v) is 2.25. The summed E-state index contributed by atoms with van der Waals surface area (Å²) in [5, 5.41) is 18.9. The number of aliphatic hydroxyl groups is 1. The van der Waals surface area contributed by atoms with Crippen LogP contribution < -0.4 is 4.90 Å². The van der Waals surface area contributed by atoms with Crippen LogP contribution >= 0.6 is 0 Å². The van der Waals surface area contributed by atoms with Gasteiger partial charge < -0.3 is 15.1 Å². The van der Waals surface area contributed by atoms with Crippen molar-refractivity contribution in [1.82, 2.24) is 0 Å². The normalized spacial score (nSPS) is 24.1. The molecule has 1 aromatic rings. The molecular weight excluding hydrogens is 218 g/mol. The molecule has 0 aliphatic carbocycles. The van der Waals surface area contributed by atoms with Gasteiger partial charge in [0, 0.05) is 18.8 Å².